The fourth-order valence-corrected chi connectivity index (χ4v) is 2.42. The first kappa shape index (κ1) is 14.4. The van der Waals surface area contributed by atoms with Crippen molar-refractivity contribution in [3.63, 3.8) is 0 Å². The lowest BCUT2D eigenvalue weighted by Gasteiger charge is -2.23. The van der Waals surface area contributed by atoms with Gasteiger partial charge < -0.3 is 4.90 Å². The summed E-state index contributed by atoms with van der Waals surface area (Å²) >= 11 is 0. The molecule has 0 amide bonds. The van der Waals surface area contributed by atoms with E-state index in [1.54, 1.807) is 24.4 Å². The molecule has 0 bridgehead atoms. The van der Waals surface area contributed by atoms with Crippen molar-refractivity contribution >= 4 is 11.5 Å². The van der Waals surface area contributed by atoms with E-state index in [1.165, 1.54) is 18.2 Å². The summed E-state index contributed by atoms with van der Waals surface area (Å²) in [5.74, 6) is 0.645. The van der Waals surface area contributed by atoms with E-state index in [2.05, 4.69) is 4.98 Å². The molecule has 3 rings (SSSR count). The molecule has 0 atom stereocenters. The van der Waals surface area contributed by atoms with Gasteiger partial charge in [0.15, 0.2) is 0 Å². The van der Waals surface area contributed by atoms with Gasteiger partial charge in [-0.05, 0) is 42.5 Å². The molecule has 1 saturated carbocycles. The lowest BCUT2D eigenvalue weighted by Crippen LogP contribution is -2.26. The SMILES string of the molecule is O=[N+]([O-])c1cccnc1N(Cc1ccc(F)cc1)CC1CC1. The van der Waals surface area contributed by atoms with Crippen molar-refractivity contribution < 1.29 is 9.31 Å². The van der Waals surface area contributed by atoms with Crippen LogP contribution in [0.4, 0.5) is 15.9 Å². The van der Waals surface area contributed by atoms with Crippen LogP contribution in [-0.4, -0.2) is 16.5 Å². The summed E-state index contributed by atoms with van der Waals surface area (Å²) < 4.78 is 13.0. The number of hydrogen-bond donors (Lipinski definition) is 0. The van der Waals surface area contributed by atoms with Gasteiger partial charge in [-0.2, -0.15) is 0 Å². The molecule has 114 valence electrons. The first-order valence-electron chi connectivity index (χ1n) is 7.22. The van der Waals surface area contributed by atoms with Crippen molar-refractivity contribution in [2.75, 3.05) is 11.4 Å². The van der Waals surface area contributed by atoms with Gasteiger partial charge in [0.2, 0.25) is 5.82 Å². The van der Waals surface area contributed by atoms with Gasteiger partial charge in [0.05, 0.1) is 4.92 Å². The maximum absolute atomic E-state index is 13.0. The molecule has 0 saturated heterocycles. The summed E-state index contributed by atoms with van der Waals surface area (Å²) in [6.45, 7) is 1.21. The minimum absolute atomic E-state index is 0.00487. The average molecular weight is 301 g/mol. The third kappa shape index (κ3) is 3.39. The lowest BCUT2D eigenvalue weighted by molar-refractivity contribution is -0.384. The predicted molar refractivity (Wildman–Crippen MR) is 81.1 cm³/mol. The molecule has 0 radical (unpaired) electrons. The Balaban J connectivity index is 1.89. The van der Waals surface area contributed by atoms with Gasteiger partial charge in [0.25, 0.3) is 0 Å². The number of anilines is 1. The third-order valence-electron chi connectivity index (χ3n) is 3.72. The summed E-state index contributed by atoms with van der Waals surface area (Å²) in [6.07, 6.45) is 3.84. The standard InChI is InChI=1S/C16H16FN3O2/c17-14-7-5-13(6-8-14)11-19(10-12-3-4-12)16-15(20(21)22)2-1-9-18-16/h1-2,5-9,12H,3-4,10-11H2. The van der Waals surface area contributed by atoms with Crippen molar-refractivity contribution in [2.45, 2.75) is 19.4 Å². The van der Waals surface area contributed by atoms with Crippen molar-refractivity contribution in [1.29, 1.82) is 0 Å². The van der Waals surface area contributed by atoms with Crippen LogP contribution in [0.1, 0.15) is 18.4 Å². The van der Waals surface area contributed by atoms with Gasteiger partial charge in [-0.1, -0.05) is 12.1 Å². The molecule has 2 aromatic rings. The summed E-state index contributed by atoms with van der Waals surface area (Å²) in [5.41, 5.74) is 0.910. The number of benzene rings is 1. The molecule has 1 aliphatic rings. The number of nitrogens with zero attached hydrogens (tertiary/aromatic N) is 3. The maximum Gasteiger partial charge on any atom is 0.311 e. The van der Waals surface area contributed by atoms with Gasteiger partial charge >= 0.3 is 5.69 Å². The minimum atomic E-state index is -0.410. The molecule has 5 nitrogen and oxygen atoms in total. The zero-order valence-corrected chi connectivity index (χ0v) is 12.0. The van der Waals surface area contributed by atoms with Crippen LogP contribution >= 0.6 is 0 Å². The predicted octanol–water partition coefficient (Wildman–Crippen LogP) is 3.55. The number of hydrogen-bond acceptors (Lipinski definition) is 4. The molecule has 0 aliphatic heterocycles. The van der Waals surface area contributed by atoms with E-state index >= 15 is 0 Å². The summed E-state index contributed by atoms with van der Waals surface area (Å²) in [5, 5.41) is 11.2. The molecule has 22 heavy (non-hydrogen) atoms. The van der Waals surface area contributed by atoms with Crippen LogP contribution in [0.15, 0.2) is 42.6 Å². The topological polar surface area (TPSA) is 59.3 Å². The molecule has 0 unspecified atom stereocenters. The van der Waals surface area contributed by atoms with E-state index in [0.29, 0.717) is 18.3 Å². The highest BCUT2D eigenvalue weighted by molar-refractivity contribution is 5.57. The number of nitro groups is 1. The molecule has 1 aromatic carbocycles. The van der Waals surface area contributed by atoms with Crippen LogP contribution in [0.5, 0.6) is 0 Å². The fourth-order valence-electron chi connectivity index (χ4n) is 2.42. The highest BCUT2D eigenvalue weighted by atomic mass is 19.1. The highest BCUT2D eigenvalue weighted by Gasteiger charge is 2.28. The zero-order chi connectivity index (χ0) is 15.5. The number of aromatic nitrogens is 1. The van der Waals surface area contributed by atoms with Crippen LogP contribution in [0.3, 0.4) is 0 Å². The Bertz CT molecular complexity index is 671. The van der Waals surface area contributed by atoms with E-state index < -0.39 is 4.92 Å². The molecule has 1 fully saturated rings. The average Bonchev–Trinajstić information content (AvgIpc) is 3.33. The van der Waals surface area contributed by atoms with E-state index in [1.807, 2.05) is 4.90 Å². The molecular weight excluding hydrogens is 285 g/mol. The van der Waals surface area contributed by atoms with Crippen molar-refractivity contribution in [2.24, 2.45) is 5.92 Å². The molecule has 0 spiro atoms. The largest absolute Gasteiger partial charge is 0.346 e. The summed E-state index contributed by atoms with van der Waals surface area (Å²) in [4.78, 5) is 16.9. The Kier molecular flexibility index (Phi) is 4.00. The summed E-state index contributed by atoms with van der Waals surface area (Å²) in [6, 6.07) is 9.23. The van der Waals surface area contributed by atoms with Crippen LogP contribution in [-0.2, 0) is 6.54 Å². The molecule has 1 aliphatic carbocycles. The van der Waals surface area contributed by atoms with E-state index in [9.17, 15) is 14.5 Å². The van der Waals surface area contributed by atoms with Gasteiger partial charge in [-0.25, -0.2) is 9.37 Å². The lowest BCUT2D eigenvalue weighted by atomic mass is 10.2. The highest BCUT2D eigenvalue weighted by Crippen LogP contribution is 2.34. The fraction of sp³-hybridized carbons (Fsp3) is 0.312. The Morgan fingerprint density at radius 1 is 1.27 bits per heavy atom. The van der Waals surface area contributed by atoms with Gasteiger partial charge in [-0.15, -0.1) is 0 Å². The second kappa shape index (κ2) is 6.09. The molecule has 6 heteroatoms. The minimum Gasteiger partial charge on any atom is -0.346 e. The van der Waals surface area contributed by atoms with E-state index in [-0.39, 0.29) is 11.5 Å². The van der Waals surface area contributed by atoms with Crippen molar-refractivity contribution in [1.82, 2.24) is 4.98 Å². The van der Waals surface area contributed by atoms with Crippen LogP contribution in [0, 0.1) is 21.8 Å². The Morgan fingerprint density at radius 3 is 2.64 bits per heavy atom. The van der Waals surface area contributed by atoms with Gasteiger partial charge in [0.1, 0.15) is 5.82 Å². The summed E-state index contributed by atoms with van der Waals surface area (Å²) in [7, 11) is 0. The molecular formula is C16H16FN3O2. The first-order valence-corrected chi connectivity index (χ1v) is 7.22. The monoisotopic (exact) mass is 301 g/mol. The van der Waals surface area contributed by atoms with Crippen molar-refractivity contribution in [3.05, 3.63) is 64.1 Å². The normalized spacial score (nSPS) is 13.9. The first-order chi connectivity index (χ1) is 10.6. The molecule has 0 N–H and O–H groups in total. The second-order valence-electron chi connectivity index (χ2n) is 5.55. The van der Waals surface area contributed by atoms with Gasteiger partial charge in [-0.3, -0.25) is 10.1 Å². The van der Waals surface area contributed by atoms with Gasteiger partial charge in [0, 0.05) is 25.4 Å². The zero-order valence-electron chi connectivity index (χ0n) is 12.0. The molecule has 1 aromatic heterocycles. The second-order valence-corrected chi connectivity index (χ2v) is 5.55. The Hall–Kier alpha value is -2.50. The Labute approximate surface area is 127 Å². The number of halogens is 1. The quantitative estimate of drug-likeness (QED) is 0.605. The van der Waals surface area contributed by atoms with E-state index in [0.717, 1.165) is 24.9 Å². The number of rotatable bonds is 6. The Morgan fingerprint density at radius 2 is 2.00 bits per heavy atom. The smallest absolute Gasteiger partial charge is 0.311 e. The van der Waals surface area contributed by atoms with Crippen LogP contribution in [0.25, 0.3) is 0 Å². The van der Waals surface area contributed by atoms with Crippen molar-refractivity contribution in [3.8, 4) is 0 Å². The number of pyridine rings is 1. The molecule has 1 heterocycles. The maximum atomic E-state index is 13.0. The van der Waals surface area contributed by atoms with E-state index in [4.69, 9.17) is 0 Å². The van der Waals surface area contributed by atoms with Crippen LogP contribution < -0.4 is 4.90 Å². The third-order valence-corrected chi connectivity index (χ3v) is 3.72. The van der Waals surface area contributed by atoms with Crippen LogP contribution in [0.2, 0.25) is 0 Å².